The van der Waals surface area contributed by atoms with E-state index < -0.39 is 0 Å². The predicted octanol–water partition coefficient (Wildman–Crippen LogP) is 12.6. The lowest BCUT2D eigenvalue weighted by Gasteiger charge is -2.36. The number of aromatic nitrogens is 2. The molecule has 0 bridgehead atoms. The van der Waals surface area contributed by atoms with Crippen LogP contribution in [0.1, 0.15) is 48.8 Å². The summed E-state index contributed by atoms with van der Waals surface area (Å²) in [6, 6.07) is 52.2. The van der Waals surface area contributed by atoms with E-state index in [4.69, 9.17) is 9.97 Å². The number of thiophene rings is 1. The van der Waals surface area contributed by atoms with Crippen molar-refractivity contribution < 1.29 is 0 Å². The zero-order valence-corrected chi connectivity index (χ0v) is 28.9. The van der Waals surface area contributed by atoms with E-state index >= 15 is 0 Å². The molecule has 242 valence electrons. The molecule has 51 heavy (non-hydrogen) atoms. The standard InChI is InChI=1S/C47H33N3S/c48-29-30-17-20-35-36-21-18-34(27-41(36)47(40(35)25-30)23-8-3-9-24-47)33-19-22-44-39(26-33)37-15-10-16-38(45(37)51-44)43-28-42(31-11-4-1-5-12-31)49-46(50-43)32-13-6-2-7-14-32/h1-2,4-7,10-22,25-28H,3,8-9,23-24H2. The van der Waals surface area contributed by atoms with Gasteiger partial charge in [0.15, 0.2) is 5.82 Å². The smallest absolute Gasteiger partial charge is 0.160 e. The van der Waals surface area contributed by atoms with Crippen LogP contribution in [-0.4, -0.2) is 9.97 Å². The minimum Gasteiger partial charge on any atom is -0.228 e. The van der Waals surface area contributed by atoms with Crippen LogP contribution in [0.5, 0.6) is 0 Å². The van der Waals surface area contributed by atoms with Crippen molar-refractivity contribution in [2.75, 3.05) is 0 Å². The van der Waals surface area contributed by atoms with Gasteiger partial charge in [-0.2, -0.15) is 5.26 Å². The van der Waals surface area contributed by atoms with Gasteiger partial charge in [0.1, 0.15) is 0 Å². The second kappa shape index (κ2) is 11.9. The molecule has 1 spiro atoms. The van der Waals surface area contributed by atoms with E-state index in [-0.39, 0.29) is 5.41 Å². The molecule has 0 radical (unpaired) electrons. The first kappa shape index (κ1) is 30.0. The second-order valence-corrected chi connectivity index (χ2v) is 15.0. The number of rotatable bonds is 4. The average molecular weight is 672 g/mol. The van der Waals surface area contributed by atoms with Gasteiger partial charge >= 0.3 is 0 Å². The SMILES string of the molecule is N#Cc1ccc2c(c1)C1(CCCCC1)c1cc(-c3ccc4sc5c(-c6cc(-c7ccccc7)nc(-c7ccccc7)n6)cccc5c4c3)ccc1-2. The Hall–Kier alpha value is -5.89. The van der Waals surface area contributed by atoms with Crippen molar-refractivity contribution in [3.8, 4) is 62.2 Å². The molecule has 4 heteroatoms. The van der Waals surface area contributed by atoms with Gasteiger partial charge in [0.2, 0.25) is 0 Å². The minimum absolute atomic E-state index is 0.00534. The largest absolute Gasteiger partial charge is 0.228 e. The molecule has 0 unspecified atom stereocenters. The van der Waals surface area contributed by atoms with Gasteiger partial charge in [-0.25, -0.2) is 9.97 Å². The Morgan fingerprint density at radius 3 is 2.00 bits per heavy atom. The molecule has 0 saturated heterocycles. The molecular formula is C47H33N3S. The molecule has 6 aromatic carbocycles. The first-order chi connectivity index (χ1) is 25.2. The molecule has 2 heterocycles. The van der Waals surface area contributed by atoms with E-state index in [2.05, 4.69) is 115 Å². The third kappa shape index (κ3) is 4.84. The number of nitrogens with zero attached hydrogens (tertiary/aromatic N) is 3. The molecule has 2 aromatic heterocycles. The lowest BCUT2D eigenvalue weighted by Crippen LogP contribution is -2.28. The molecule has 8 aromatic rings. The van der Waals surface area contributed by atoms with Gasteiger partial charge < -0.3 is 0 Å². The van der Waals surface area contributed by atoms with Crippen LogP contribution in [0.4, 0.5) is 0 Å². The molecule has 0 aliphatic heterocycles. The van der Waals surface area contributed by atoms with Crippen molar-refractivity contribution in [1.29, 1.82) is 5.26 Å². The van der Waals surface area contributed by atoms with Crippen LogP contribution in [0.15, 0.2) is 140 Å². The van der Waals surface area contributed by atoms with Gasteiger partial charge in [-0.05, 0) is 82.6 Å². The van der Waals surface area contributed by atoms with Crippen molar-refractivity contribution in [2.24, 2.45) is 0 Å². The molecule has 0 atom stereocenters. The highest BCUT2D eigenvalue weighted by Crippen LogP contribution is 2.56. The normalized spacial score (nSPS) is 14.4. The van der Waals surface area contributed by atoms with E-state index in [0.29, 0.717) is 0 Å². The van der Waals surface area contributed by atoms with Crippen LogP contribution >= 0.6 is 11.3 Å². The molecule has 0 N–H and O–H groups in total. The quantitative estimate of drug-likeness (QED) is 0.187. The van der Waals surface area contributed by atoms with Crippen LogP contribution in [0, 0.1) is 11.3 Å². The predicted molar refractivity (Wildman–Crippen MR) is 211 cm³/mol. The summed E-state index contributed by atoms with van der Waals surface area (Å²) >= 11 is 1.84. The lowest BCUT2D eigenvalue weighted by molar-refractivity contribution is 0.353. The summed E-state index contributed by atoms with van der Waals surface area (Å²) in [6.07, 6.45) is 6.01. The van der Waals surface area contributed by atoms with E-state index in [0.717, 1.165) is 52.3 Å². The maximum atomic E-state index is 9.75. The molecule has 1 saturated carbocycles. The van der Waals surface area contributed by atoms with Gasteiger partial charge in [-0.1, -0.05) is 122 Å². The van der Waals surface area contributed by atoms with E-state index in [1.807, 2.05) is 41.7 Å². The number of hydrogen-bond donors (Lipinski definition) is 0. The molecule has 2 aliphatic rings. The van der Waals surface area contributed by atoms with Gasteiger partial charge in [0, 0.05) is 42.3 Å². The first-order valence-electron chi connectivity index (χ1n) is 17.8. The fourth-order valence-corrected chi connectivity index (χ4v) is 9.88. The highest BCUT2D eigenvalue weighted by molar-refractivity contribution is 7.26. The Labute approximate surface area is 301 Å². The van der Waals surface area contributed by atoms with Crippen LogP contribution in [0.3, 0.4) is 0 Å². The fourth-order valence-electron chi connectivity index (χ4n) is 8.68. The monoisotopic (exact) mass is 671 g/mol. The molecule has 2 aliphatic carbocycles. The molecule has 3 nitrogen and oxygen atoms in total. The molecule has 0 amide bonds. The minimum atomic E-state index is -0.00534. The Morgan fingerprint density at radius 1 is 0.529 bits per heavy atom. The summed E-state index contributed by atoms with van der Waals surface area (Å²) in [5.41, 5.74) is 13.7. The van der Waals surface area contributed by atoms with E-state index in [1.165, 1.54) is 72.8 Å². The van der Waals surface area contributed by atoms with Crippen LogP contribution in [0.25, 0.3) is 76.3 Å². The second-order valence-electron chi connectivity index (χ2n) is 14.0. The number of fused-ring (bicyclic) bond motifs is 8. The van der Waals surface area contributed by atoms with Crippen molar-refractivity contribution in [3.05, 3.63) is 156 Å². The van der Waals surface area contributed by atoms with Gasteiger partial charge in [0.05, 0.1) is 23.0 Å². The summed E-state index contributed by atoms with van der Waals surface area (Å²) in [5, 5.41) is 12.3. The van der Waals surface area contributed by atoms with Crippen molar-refractivity contribution in [1.82, 2.24) is 9.97 Å². The number of benzene rings is 6. The Kier molecular flexibility index (Phi) is 6.98. The highest BCUT2D eigenvalue weighted by Gasteiger charge is 2.44. The number of hydrogen-bond acceptors (Lipinski definition) is 4. The summed E-state index contributed by atoms with van der Waals surface area (Å²) in [4.78, 5) is 10.2. The maximum absolute atomic E-state index is 9.75. The van der Waals surface area contributed by atoms with Gasteiger partial charge in [-0.3, -0.25) is 0 Å². The van der Waals surface area contributed by atoms with Gasteiger partial charge in [0.25, 0.3) is 0 Å². The maximum Gasteiger partial charge on any atom is 0.160 e. The van der Waals surface area contributed by atoms with Crippen LogP contribution < -0.4 is 0 Å². The summed E-state index contributed by atoms with van der Waals surface area (Å²) < 4.78 is 2.50. The van der Waals surface area contributed by atoms with Crippen molar-refractivity contribution in [3.63, 3.8) is 0 Å². The van der Waals surface area contributed by atoms with E-state index in [1.54, 1.807) is 0 Å². The summed E-state index contributed by atoms with van der Waals surface area (Å²) in [5.74, 6) is 0.727. The third-order valence-electron chi connectivity index (χ3n) is 11.1. The first-order valence-corrected chi connectivity index (χ1v) is 18.7. The molecule has 1 fully saturated rings. The van der Waals surface area contributed by atoms with E-state index in [9.17, 15) is 5.26 Å². The van der Waals surface area contributed by atoms with Crippen molar-refractivity contribution >= 4 is 31.5 Å². The van der Waals surface area contributed by atoms with Gasteiger partial charge in [-0.15, -0.1) is 11.3 Å². The summed E-state index contributed by atoms with van der Waals surface area (Å²) in [6.45, 7) is 0. The lowest BCUT2D eigenvalue weighted by atomic mass is 9.67. The molecule has 10 rings (SSSR count). The number of nitriles is 1. The third-order valence-corrected chi connectivity index (χ3v) is 12.4. The topological polar surface area (TPSA) is 49.6 Å². The fraction of sp³-hybridized carbons (Fsp3) is 0.128. The zero-order chi connectivity index (χ0) is 33.9. The Bertz CT molecular complexity index is 2620. The summed E-state index contributed by atoms with van der Waals surface area (Å²) in [7, 11) is 0. The average Bonchev–Trinajstić information content (AvgIpc) is 3.70. The van der Waals surface area contributed by atoms with Crippen LogP contribution in [0.2, 0.25) is 0 Å². The Balaban J connectivity index is 1.10. The zero-order valence-electron chi connectivity index (χ0n) is 28.1. The van der Waals surface area contributed by atoms with Crippen molar-refractivity contribution in [2.45, 2.75) is 37.5 Å². The Morgan fingerprint density at radius 2 is 1.22 bits per heavy atom. The van der Waals surface area contributed by atoms with Crippen LogP contribution in [-0.2, 0) is 5.41 Å². The highest BCUT2D eigenvalue weighted by atomic mass is 32.1. The molecular weight excluding hydrogens is 639 g/mol.